The van der Waals surface area contributed by atoms with E-state index in [-0.39, 0.29) is 22.7 Å². The van der Waals surface area contributed by atoms with Crippen LogP contribution in [0.15, 0.2) is 33.3 Å². The van der Waals surface area contributed by atoms with Gasteiger partial charge in [-0.15, -0.1) is 0 Å². The lowest BCUT2D eigenvalue weighted by Crippen LogP contribution is -2.71. The average Bonchev–Trinajstić information content (AvgIpc) is 3.44. The normalized spacial score (nSPS) is 34.0. The molecule has 7 saturated carbocycles. The number of carbonyl (C=O) groups is 1. The monoisotopic (exact) mass is 545 g/mol. The van der Waals surface area contributed by atoms with E-state index in [2.05, 4.69) is 29.1 Å². The first-order valence-electron chi connectivity index (χ1n) is 15.0. The molecule has 0 spiro atoms. The number of aromatic nitrogens is 4. The molecule has 210 valence electrons. The van der Waals surface area contributed by atoms with Crippen LogP contribution in [0, 0.1) is 10.8 Å². The van der Waals surface area contributed by atoms with E-state index in [0.717, 1.165) is 80.2 Å². The number of fused-ring (bicyclic) bond motifs is 3. The topological polar surface area (TPSA) is 98.2 Å². The van der Waals surface area contributed by atoms with Crippen LogP contribution in [0.1, 0.15) is 114 Å². The summed E-state index contributed by atoms with van der Waals surface area (Å²) in [5, 5.41) is 8.42. The van der Waals surface area contributed by atoms with Crippen molar-refractivity contribution in [3.63, 3.8) is 0 Å². The molecule has 0 unspecified atom stereocenters. The fourth-order valence-electron chi connectivity index (χ4n) is 7.97. The van der Waals surface area contributed by atoms with E-state index >= 15 is 0 Å². The van der Waals surface area contributed by atoms with Gasteiger partial charge in [-0.3, -0.25) is 4.79 Å². The first kappa shape index (κ1) is 24.7. The molecule has 1 aromatic carbocycles. The average molecular weight is 546 g/mol. The lowest BCUT2D eigenvalue weighted by molar-refractivity contribution is -0.211. The van der Waals surface area contributed by atoms with Crippen molar-refractivity contribution in [2.45, 2.75) is 107 Å². The minimum atomic E-state index is -1.13. The zero-order chi connectivity index (χ0) is 27.3. The summed E-state index contributed by atoms with van der Waals surface area (Å²) < 4.78 is 25.9. The van der Waals surface area contributed by atoms with Crippen molar-refractivity contribution in [2.75, 3.05) is 11.4 Å². The molecule has 1 amide bonds. The zero-order valence-corrected chi connectivity index (χ0v) is 23.3. The lowest BCUT2D eigenvalue weighted by Gasteiger charge is -2.65. The maximum Gasteiger partial charge on any atom is 0.258 e. The van der Waals surface area contributed by atoms with Crippen LogP contribution in [0.4, 0.5) is 10.1 Å². The van der Waals surface area contributed by atoms with E-state index in [1.807, 2.05) is 29.2 Å². The molecule has 2 heterocycles. The quantitative estimate of drug-likeness (QED) is 0.313. The Morgan fingerprint density at radius 3 is 2.38 bits per heavy atom. The van der Waals surface area contributed by atoms with Crippen molar-refractivity contribution in [3.05, 3.63) is 41.8 Å². The van der Waals surface area contributed by atoms with Crippen LogP contribution in [-0.2, 0) is 10.2 Å². The van der Waals surface area contributed by atoms with Crippen molar-refractivity contribution in [1.29, 1.82) is 0 Å². The molecular weight excluding hydrogens is 509 g/mol. The van der Waals surface area contributed by atoms with Gasteiger partial charge >= 0.3 is 0 Å². The second-order valence-corrected chi connectivity index (χ2v) is 14.0. The Morgan fingerprint density at radius 2 is 1.75 bits per heavy atom. The molecule has 0 N–H and O–H groups in total. The van der Waals surface area contributed by atoms with E-state index in [9.17, 15) is 9.18 Å². The first-order valence-corrected chi connectivity index (χ1v) is 15.0. The maximum absolute atomic E-state index is 14.5. The number of alkyl halides is 1. The molecule has 2 aromatic heterocycles. The Kier molecular flexibility index (Phi) is 5.08. The van der Waals surface area contributed by atoms with Crippen LogP contribution < -0.4 is 4.90 Å². The second-order valence-electron chi connectivity index (χ2n) is 14.0. The van der Waals surface area contributed by atoms with Gasteiger partial charge in [0, 0.05) is 35.0 Å². The molecule has 0 radical (unpaired) electrons. The molecule has 8 nitrogen and oxygen atoms in total. The Labute approximate surface area is 233 Å². The molecule has 7 aliphatic carbocycles. The number of hydrogen-bond acceptors (Lipinski definition) is 7. The fourth-order valence-corrected chi connectivity index (χ4v) is 7.97. The van der Waals surface area contributed by atoms with Gasteiger partial charge in [0.2, 0.25) is 11.8 Å². The van der Waals surface area contributed by atoms with Crippen LogP contribution in [-0.4, -0.2) is 38.4 Å². The molecule has 0 aliphatic heterocycles. The maximum atomic E-state index is 14.5. The molecule has 7 aliphatic rings. The van der Waals surface area contributed by atoms with Crippen LogP contribution >= 0.6 is 0 Å². The standard InChI is InChI=1S/C31H36FN5O3/c1-19(2)23-34-26(40-35-23)29-11-8-28(9-12-29,10-13-29)18-37(27(38)30-15-31(32,16-30)17-30)22-5-3-4-21(14-22)25-33-24(36-39-25)20-6-7-20/h3-5,14,19-20H,6-13,15-18H2,1-2H3. The highest BCUT2D eigenvalue weighted by atomic mass is 19.1. The third-order valence-corrected chi connectivity index (χ3v) is 10.8. The minimum Gasteiger partial charge on any atom is -0.339 e. The molecule has 3 aromatic rings. The van der Waals surface area contributed by atoms with Gasteiger partial charge in [0.1, 0.15) is 5.67 Å². The van der Waals surface area contributed by atoms with Crippen LogP contribution in [0.3, 0.4) is 0 Å². The molecule has 40 heavy (non-hydrogen) atoms. The van der Waals surface area contributed by atoms with E-state index in [0.29, 0.717) is 37.6 Å². The number of rotatable bonds is 8. The summed E-state index contributed by atoms with van der Waals surface area (Å²) in [6.07, 6.45) is 9.25. The van der Waals surface area contributed by atoms with Crippen LogP contribution in [0.25, 0.3) is 11.5 Å². The molecule has 4 bridgehead atoms. The smallest absolute Gasteiger partial charge is 0.258 e. The summed E-state index contributed by atoms with van der Waals surface area (Å²) in [6, 6.07) is 7.90. The number of nitrogens with zero attached hydrogens (tertiary/aromatic N) is 5. The SMILES string of the molecule is CC(C)c1noc(C23CCC(CN(C(=O)C45CC(F)(C4)C5)c4cccc(-c5nc(C6CC6)no5)c4)(CC2)CC3)n1. The van der Waals surface area contributed by atoms with Gasteiger partial charge < -0.3 is 13.9 Å². The molecule has 0 saturated heterocycles. The molecule has 0 atom stereocenters. The lowest BCUT2D eigenvalue weighted by atomic mass is 9.41. The Hall–Kier alpha value is -3.10. The van der Waals surface area contributed by atoms with Crippen molar-refractivity contribution >= 4 is 11.6 Å². The first-order chi connectivity index (χ1) is 19.2. The Balaban J connectivity index is 1.07. The number of hydrogen-bond donors (Lipinski definition) is 0. The van der Waals surface area contributed by atoms with Gasteiger partial charge in [-0.1, -0.05) is 30.2 Å². The predicted molar refractivity (Wildman–Crippen MR) is 144 cm³/mol. The molecule has 7 fully saturated rings. The van der Waals surface area contributed by atoms with Gasteiger partial charge in [-0.25, -0.2) is 4.39 Å². The van der Waals surface area contributed by atoms with Crippen molar-refractivity contribution in [3.8, 4) is 11.5 Å². The van der Waals surface area contributed by atoms with Gasteiger partial charge in [0.05, 0.1) is 5.41 Å². The summed E-state index contributed by atoms with van der Waals surface area (Å²) >= 11 is 0. The predicted octanol–water partition coefficient (Wildman–Crippen LogP) is 6.64. The van der Waals surface area contributed by atoms with Crippen molar-refractivity contribution < 1.29 is 18.2 Å². The largest absolute Gasteiger partial charge is 0.339 e. The van der Waals surface area contributed by atoms with Crippen LogP contribution in [0.5, 0.6) is 0 Å². The third kappa shape index (κ3) is 3.72. The van der Waals surface area contributed by atoms with Crippen molar-refractivity contribution in [1.82, 2.24) is 20.3 Å². The van der Waals surface area contributed by atoms with Crippen molar-refractivity contribution in [2.24, 2.45) is 10.8 Å². The fraction of sp³-hybridized carbons (Fsp3) is 0.645. The number of benzene rings is 1. The van der Waals surface area contributed by atoms with E-state index < -0.39 is 11.1 Å². The van der Waals surface area contributed by atoms with E-state index in [4.69, 9.17) is 14.0 Å². The Morgan fingerprint density at radius 1 is 1.02 bits per heavy atom. The number of amides is 1. The highest BCUT2D eigenvalue weighted by Gasteiger charge is 2.73. The molecule has 10 rings (SSSR count). The highest BCUT2D eigenvalue weighted by molar-refractivity contribution is 6.00. The van der Waals surface area contributed by atoms with Crippen LogP contribution in [0.2, 0.25) is 0 Å². The van der Waals surface area contributed by atoms with Gasteiger partial charge in [0.25, 0.3) is 5.89 Å². The summed E-state index contributed by atoms with van der Waals surface area (Å²) in [6.45, 7) is 4.81. The highest BCUT2D eigenvalue weighted by Crippen LogP contribution is 2.70. The van der Waals surface area contributed by atoms with E-state index in [1.54, 1.807) is 0 Å². The Bertz CT molecular complexity index is 1440. The van der Waals surface area contributed by atoms with Gasteiger partial charge in [-0.2, -0.15) is 9.97 Å². The summed E-state index contributed by atoms with van der Waals surface area (Å²) in [4.78, 5) is 25.5. The van der Waals surface area contributed by atoms with E-state index in [1.165, 1.54) is 0 Å². The summed E-state index contributed by atoms with van der Waals surface area (Å²) in [5.41, 5.74) is -0.0534. The molecule has 9 heteroatoms. The van der Waals surface area contributed by atoms with Gasteiger partial charge in [-0.05, 0) is 94.2 Å². The second kappa shape index (κ2) is 8.23. The molecular formula is C31H36FN5O3. The zero-order valence-electron chi connectivity index (χ0n) is 23.3. The summed E-state index contributed by atoms with van der Waals surface area (Å²) in [5.74, 6) is 3.54. The number of anilines is 1. The minimum absolute atomic E-state index is 0.0227. The third-order valence-electron chi connectivity index (χ3n) is 10.8. The summed E-state index contributed by atoms with van der Waals surface area (Å²) in [7, 11) is 0. The number of halogens is 1. The van der Waals surface area contributed by atoms with Gasteiger partial charge in [0.15, 0.2) is 11.6 Å². The number of carbonyl (C=O) groups excluding carboxylic acids is 1.